The summed E-state index contributed by atoms with van der Waals surface area (Å²) in [4.78, 5) is 39.8. The third-order valence-electron chi connectivity index (χ3n) is 8.67. The molecule has 1 aromatic rings. The van der Waals surface area contributed by atoms with Crippen molar-refractivity contribution in [1.82, 2.24) is 10.6 Å². The number of alkyl carbamates (subject to hydrolysis) is 1. The van der Waals surface area contributed by atoms with Crippen LogP contribution < -0.4 is 19.5 Å². The standard InChI is InChI=1S/C32H56N2O8SSi2/c1-20-24(41-44(11,12)31(5,6)7)15-25(42-45(13,14)32(8,9)10)22-19-43-18-21(16-35)33-27(36)23(17-39-28(37)26(20)22)34-29(38)40-30(2,3)4/h15,21,23,35H,16-19H2,1-14H3,(H,33,36)(H,34,38)/t21-,23+/m1/s1. The van der Waals surface area contributed by atoms with E-state index in [2.05, 4.69) is 78.4 Å². The highest BCUT2D eigenvalue weighted by molar-refractivity contribution is 7.98. The number of thioether (sulfide) groups is 1. The number of aliphatic hydroxyl groups is 1. The van der Waals surface area contributed by atoms with Crippen molar-refractivity contribution in [2.24, 2.45) is 0 Å². The Hall–Kier alpha value is -2.23. The molecule has 0 unspecified atom stereocenters. The van der Waals surface area contributed by atoms with Crippen LogP contribution >= 0.6 is 11.8 Å². The summed E-state index contributed by atoms with van der Waals surface area (Å²) in [7, 11) is -4.71. The summed E-state index contributed by atoms with van der Waals surface area (Å²) in [6, 6.07) is 0.0734. The van der Waals surface area contributed by atoms with Crippen molar-refractivity contribution in [3.63, 3.8) is 0 Å². The number of rotatable bonds is 6. The zero-order valence-electron chi connectivity index (χ0n) is 29.8. The summed E-state index contributed by atoms with van der Waals surface area (Å²) in [5, 5.41) is 15.1. The van der Waals surface area contributed by atoms with E-state index in [1.165, 1.54) is 11.8 Å². The van der Waals surface area contributed by atoms with Gasteiger partial charge in [-0.1, -0.05) is 41.5 Å². The Bertz CT molecular complexity index is 1250. The summed E-state index contributed by atoms with van der Waals surface area (Å²) >= 11 is 1.46. The Balaban J connectivity index is 2.73. The lowest BCUT2D eigenvalue weighted by molar-refractivity contribution is -0.125. The van der Waals surface area contributed by atoms with Gasteiger partial charge in [-0.15, -0.1) is 0 Å². The lowest BCUT2D eigenvalue weighted by atomic mass is 10.0. The van der Waals surface area contributed by atoms with Crippen molar-refractivity contribution in [2.75, 3.05) is 19.0 Å². The van der Waals surface area contributed by atoms with Gasteiger partial charge in [0.2, 0.25) is 22.5 Å². The highest BCUT2D eigenvalue weighted by Gasteiger charge is 2.42. The molecule has 2 amide bonds. The number of benzene rings is 1. The van der Waals surface area contributed by atoms with E-state index >= 15 is 0 Å². The smallest absolute Gasteiger partial charge is 0.408 e. The average molecular weight is 685 g/mol. The normalized spacial score (nSPS) is 19.3. The van der Waals surface area contributed by atoms with Gasteiger partial charge in [0, 0.05) is 28.7 Å². The van der Waals surface area contributed by atoms with Crippen molar-refractivity contribution >= 4 is 46.4 Å². The quantitative estimate of drug-likeness (QED) is 0.226. The van der Waals surface area contributed by atoms with E-state index in [9.17, 15) is 19.5 Å². The molecule has 13 heteroatoms. The summed E-state index contributed by atoms with van der Waals surface area (Å²) < 4.78 is 24.8. The Morgan fingerprint density at radius 1 is 1.00 bits per heavy atom. The Labute approximate surface area is 276 Å². The molecular formula is C32H56N2O8SSi2. The first-order valence-corrected chi connectivity index (χ1v) is 22.5. The van der Waals surface area contributed by atoms with Gasteiger partial charge in [0.1, 0.15) is 29.7 Å². The largest absolute Gasteiger partial charge is 0.543 e. The Morgan fingerprint density at radius 2 is 1.53 bits per heavy atom. The number of carbonyl (C=O) groups is 3. The number of cyclic esters (lactones) is 1. The van der Waals surface area contributed by atoms with Gasteiger partial charge in [0.25, 0.3) is 0 Å². The van der Waals surface area contributed by atoms with Gasteiger partial charge in [-0.2, -0.15) is 11.8 Å². The third-order valence-corrected chi connectivity index (χ3v) is 18.5. The van der Waals surface area contributed by atoms with E-state index in [0.29, 0.717) is 39.7 Å². The van der Waals surface area contributed by atoms with Crippen LogP contribution in [0, 0.1) is 6.92 Å². The summed E-state index contributed by atoms with van der Waals surface area (Å²) in [5.41, 5.74) is 0.823. The zero-order chi connectivity index (χ0) is 34.8. The minimum absolute atomic E-state index is 0.0979. The van der Waals surface area contributed by atoms with Crippen LogP contribution in [-0.2, 0) is 20.0 Å². The maximum absolute atomic E-state index is 14.0. The monoisotopic (exact) mass is 684 g/mol. The molecule has 45 heavy (non-hydrogen) atoms. The summed E-state index contributed by atoms with van der Waals surface area (Å²) in [6.45, 7) is 27.7. The minimum Gasteiger partial charge on any atom is -0.543 e. The number of amides is 2. The molecule has 0 aliphatic carbocycles. The van der Waals surface area contributed by atoms with E-state index in [1.807, 2.05) is 13.0 Å². The van der Waals surface area contributed by atoms with Gasteiger partial charge in [-0.3, -0.25) is 4.79 Å². The first-order valence-electron chi connectivity index (χ1n) is 15.5. The van der Waals surface area contributed by atoms with Crippen molar-refractivity contribution in [1.29, 1.82) is 0 Å². The molecule has 0 fully saturated rings. The van der Waals surface area contributed by atoms with Gasteiger partial charge < -0.3 is 34.1 Å². The van der Waals surface area contributed by atoms with E-state index < -0.39 is 58.9 Å². The van der Waals surface area contributed by atoms with Crippen LogP contribution in [0.1, 0.15) is 83.8 Å². The molecule has 0 saturated carbocycles. The van der Waals surface area contributed by atoms with E-state index in [4.69, 9.17) is 18.3 Å². The lowest BCUT2D eigenvalue weighted by Gasteiger charge is -2.39. The molecule has 2 atom stereocenters. The van der Waals surface area contributed by atoms with Crippen LogP contribution in [0.4, 0.5) is 4.79 Å². The summed E-state index contributed by atoms with van der Waals surface area (Å²) in [6.07, 6.45) is -0.826. The molecule has 0 spiro atoms. The maximum Gasteiger partial charge on any atom is 0.408 e. The van der Waals surface area contributed by atoms with Gasteiger partial charge in [-0.25, -0.2) is 9.59 Å². The molecule has 0 saturated heterocycles. The molecule has 2 rings (SSSR count). The highest BCUT2D eigenvalue weighted by atomic mass is 32.2. The first kappa shape index (κ1) is 39.0. The van der Waals surface area contributed by atoms with Crippen LogP contribution in [0.25, 0.3) is 0 Å². The topological polar surface area (TPSA) is 132 Å². The van der Waals surface area contributed by atoms with Crippen LogP contribution in [0.15, 0.2) is 6.07 Å². The van der Waals surface area contributed by atoms with Crippen molar-refractivity contribution in [3.8, 4) is 11.5 Å². The third kappa shape index (κ3) is 10.4. The Kier molecular flexibility index (Phi) is 12.3. The van der Waals surface area contributed by atoms with Gasteiger partial charge in [0.15, 0.2) is 0 Å². The molecule has 256 valence electrons. The molecule has 0 radical (unpaired) electrons. The van der Waals surface area contributed by atoms with E-state index in [1.54, 1.807) is 20.8 Å². The lowest BCUT2D eigenvalue weighted by Crippen LogP contribution is -2.54. The maximum atomic E-state index is 14.0. The van der Waals surface area contributed by atoms with Crippen molar-refractivity contribution in [3.05, 3.63) is 22.8 Å². The van der Waals surface area contributed by atoms with Crippen LogP contribution in [-0.4, -0.2) is 76.4 Å². The first-order chi connectivity index (χ1) is 20.3. The number of hydrogen-bond donors (Lipinski definition) is 3. The van der Waals surface area contributed by atoms with Gasteiger partial charge in [-0.05, 0) is 64.0 Å². The molecule has 1 aliphatic rings. The fourth-order valence-corrected chi connectivity index (χ4v) is 7.06. The molecule has 1 aliphatic heterocycles. The SMILES string of the molecule is Cc1c(O[Si](C)(C)C(C)(C)C)cc(O[Si](C)(C)C(C)(C)C)c2c1C(=O)OC[C@H](NC(=O)OC(C)(C)C)C(=O)N[C@H](CO)CSC2. The fourth-order valence-electron chi connectivity index (χ4n) is 3.87. The molecule has 0 aromatic heterocycles. The molecule has 10 nitrogen and oxygen atoms in total. The summed E-state index contributed by atoms with van der Waals surface area (Å²) in [5.74, 6) is 0.635. The predicted molar refractivity (Wildman–Crippen MR) is 185 cm³/mol. The second-order valence-electron chi connectivity index (χ2n) is 15.8. The molecule has 1 heterocycles. The van der Waals surface area contributed by atoms with E-state index in [-0.39, 0.29) is 16.7 Å². The second kappa shape index (κ2) is 14.3. The van der Waals surface area contributed by atoms with Gasteiger partial charge >= 0.3 is 12.1 Å². The molecule has 3 N–H and O–H groups in total. The predicted octanol–water partition coefficient (Wildman–Crippen LogP) is 6.54. The second-order valence-corrected chi connectivity index (χ2v) is 26.3. The molecule has 0 bridgehead atoms. The zero-order valence-corrected chi connectivity index (χ0v) is 32.6. The number of esters is 1. The number of fused-ring (bicyclic) bond motifs is 1. The minimum atomic E-state index is -2.37. The number of nitrogens with one attached hydrogen (secondary N) is 2. The molecule has 1 aromatic carbocycles. The number of carbonyl (C=O) groups excluding carboxylic acids is 3. The van der Waals surface area contributed by atoms with Crippen molar-refractivity contribution in [2.45, 2.75) is 129 Å². The Morgan fingerprint density at radius 3 is 2.02 bits per heavy atom. The van der Waals surface area contributed by atoms with Crippen LogP contribution in [0.2, 0.25) is 36.3 Å². The van der Waals surface area contributed by atoms with E-state index in [0.717, 1.165) is 0 Å². The van der Waals surface area contributed by atoms with Gasteiger partial charge in [0.05, 0.1) is 18.2 Å². The average Bonchev–Trinajstić information content (AvgIpc) is 2.84. The van der Waals surface area contributed by atoms with Crippen molar-refractivity contribution < 1.29 is 37.8 Å². The van der Waals surface area contributed by atoms with Crippen LogP contribution in [0.5, 0.6) is 11.5 Å². The fraction of sp³-hybridized carbons (Fsp3) is 0.719. The number of hydrogen-bond acceptors (Lipinski definition) is 9. The highest BCUT2D eigenvalue weighted by Crippen LogP contribution is 2.45. The van der Waals surface area contributed by atoms with Crippen LogP contribution in [0.3, 0.4) is 0 Å². The number of ether oxygens (including phenoxy) is 2. The number of aliphatic hydroxyl groups excluding tert-OH is 1. The molecular weight excluding hydrogens is 629 g/mol.